The van der Waals surface area contributed by atoms with E-state index in [2.05, 4.69) is 29.4 Å². The summed E-state index contributed by atoms with van der Waals surface area (Å²) in [6.07, 6.45) is 5.68. The maximum atomic E-state index is 4.18. The van der Waals surface area contributed by atoms with Gasteiger partial charge in [-0.05, 0) is 6.42 Å². The molecule has 0 N–H and O–H groups in total. The van der Waals surface area contributed by atoms with Crippen LogP contribution in [0.3, 0.4) is 0 Å². The summed E-state index contributed by atoms with van der Waals surface area (Å²) < 4.78 is 1.93. The molecule has 1 aromatic heterocycles. The zero-order valence-electron chi connectivity index (χ0n) is 9.63. The molecule has 0 spiro atoms. The molecule has 0 saturated carbocycles. The summed E-state index contributed by atoms with van der Waals surface area (Å²) in [6.45, 7) is 3.17. The highest BCUT2D eigenvalue weighted by molar-refractivity contribution is 5.56. The molecular formula is C13H17N3. The Morgan fingerprint density at radius 3 is 2.69 bits per heavy atom. The van der Waals surface area contributed by atoms with Crippen molar-refractivity contribution in [2.24, 2.45) is 0 Å². The van der Waals surface area contributed by atoms with Gasteiger partial charge in [-0.25, -0.2) is 0 Å². The molecular weight excluding hydrogens is 198 g/mol. The Balaban J connectivity index is 2.02. The highest BCUT2D eigenvalue weighted by atomic mass is 15.4. The van der Waals surface area contributed by atoms with E-state index in [4.69, 9.17) is 0 Å². The van der Waals surface area contributed by atoms with E-state index in [0.29, 0.717) is 0 Å². The number of nitrogens with zero attached hydrogens (tertiary/aromatic N) is 3. The van der Waals surface area contributed by atoms with Gasteiger partial charge >= 0.3 is 0 Å². The van der Waals surface area contributed by atoms with Gasteiger partial charge < -0.3 is 0 Å². The van der Waals surface area contributed by atoms with Crippen molar-refractivity contribution in [3.8, 4) is 11.3 Å². The van der Waals surface area contributed by atoms with Crippen molar-refractivity contribution in [1.82, 2.24) is 15.0 Å². The molecule has 0 atom stereocenters. The normalized spacial score (nSPS) is 10.6. The molecule has 0 amide bonds. The molecule has 0 aliphatic carbocycles. The standard InChI is InChI=1S/C13H17N3/c1-2-3-7-10-16-11-13(14-15-16)12-8-5-4-6-9-12/h4-6,8-9,11H,2-3,7,10H2,1H3. The third kappa shape index (κ3) is 2.69. The number of hydrogen-bond donors (Lipinski definition) is 0. The van der Waals surface area contributed by atoms with Crippen molar-refractivity contribution >= 4 is 0 Å². The van der Waals surface area contributed by atoms with Crippen molar-refractivity contribution in [2.45, 2.75) is 32.7 Å². The topological polar surface area (TPSA) is 30.7 Å². The number of benzene rings is 1. The Bertz CT molecular complexity index is 420. The first kappa shape index (κ1) is 10.9. The molecule has 1 heterocycles. The fourth-order valence-corrected chi connectivity index (χ4v) is 1.67. The molecule has 0 bridgehead atoms. The molecule has 1 aromatic carbocycles. The molecule has 3 heteroatoms. The predicted octanol–water partition coefficient (Wildman–Crippen LogP) is 3.14. The van der Waals surface area contributed by atoms with Gasteiger partial charge in [-0.2, -0.15) is 0 Å². The second-order valence-corrected chi connectivity index (χ2v) is 3.94. The van der Waals surface area contributed by atoms with Crippen LogP contribution in [0.15, 0.2) is 36.5 Å². The minimum absolute atomic E-state index is 0.956. The van der Waals surface area contributed by atoms with Crippen molar-refractivity contribution in [2.75, 3.05) is 0 Å². The van der Waals surface area contributed by atoms with E-state index in [0.717, 1.165) is 17.8 Å². The number of aromatic nitrogens is 3. The Hall–Kier alpha value is -1.64. The molecule has 84 valence electrons. The first-order valence-corrected chi connectivity index (χ1v) is 5.85. The summed E-state index contributed by atoms with van der Waals surface area (Å²) in [5.74, 6) is 0. The van der Waals surface area contributed by atoms with Crippen LogP contribution >= 0.6 is 0 Å². The van der Waals surface area contributed by atoms with Crippen molar-refractivity contribution in [3.05, 3.63) is 36.5 Å². The second kappa shape index (κ2) is 5.45. The van der Waals surface area contributed by atoms with Gasteiger partial charge in [0.1, 0.15) is 5.69 Å². The molecule has 0 aliphatic rings. The Labute approximate surface area is 96.1 Å². The van der Waals surface area contributed by atoms with Gasteiger partial charge in [-0.1, -0.05) is 55.3 Å². The molecule has 16 heavy (non-hydrogen) atoms. The lowest BCUT2D eigenvalue weighted by Crippen LogP contribution is -1.98. The third-order valence-electron chi connectivity index (χ3n) is 2.60. The lowest BCUT2D eigenvalue weighted by atomic mass is 10.2. The Morgan fingerprint density at radius 2 is 1.94 bits per heavy atom. The summed E-state index contributed by atoms with van der Waals surface area (Å²) in [7, 11) is 0. The lowest BCUT2D eigenvalue weighted by Gasteiger charge is -1.97. The van der Waals surface area contributed by atoms with Gasteiger partial charge in [0, 0.05) is 12.1 Å². The Kier molecular flexibility index (Phi) is 3.70. The summed E-state index contributed by atoms with van der Waals surface area (Å²) in [5.41, 5.74) is 2.08. The van der Waals surface area contributed by atoms with Gasteiger partial charge in [0.15, 0.2) is 0 Å². The fourth-order valence-electron chi connectivity index (χ4n) is 1.67. The van der Waals surface area contributed by atoms with Gasteiger partial charge in [0.05, 0.1) is 6.20 Å². The smallest absolute Gasteiger partial charge is 0.113 e. The van der Waals surface area contributed by atoms with Crippen LogP contribution in [0.2, 0.25) is 0 Å². The maximum absolute atomic E-state index is 4.18. The van der Waals surface area contributed by atoms with E-state index in [1.807, 2.05) is 29.1 Å². The zero-order valence-corrected chi connectivity index (χ0v) is 9.63. The molecule has 0 radical (unpaired) electrons. The van der Waals surface area contributed by atoms with E-state index < -0.39 is 0 Å². The zero-order chi connectivity index (χ0) is 11.2. The van der Waals surface area contributed by atoms with Crippen molar-refractivity contribution < 1.29 is 0 Å². The largest absolute Gasteiger partial charge is 0.252 e. The van der Waals surface area contributed by atoms with Crippen LogP contribution in [-0.4, -0.2) is 15.0 Å². The molecule has 2 rings (SSSR count). The first-order valence-electron chi connectivity index (χ1n) is 5.85. The summed E-state index contributed by atoms with van der Waals surface area (Å²) in [6, 6.07) is 10.2. The lowest BCUT2D eigenvalue weighted by molar-refractivity contribution is 0.537. The van der Waals surface area contributed by atoms with Crippen LogP contribution < -0.4 is 0 Å². The number of aryl methyl sites for hydroxylation is 1. The number of hydrogen-bond acceptors (Lipinski definition) is 2. The molecule has 0 fully saturated rings. The molecule has 2 aromatic rings. The van der Waals surface area contributed by atoms with Crippen LogP contribution in [0.4, 0.5) is 0 Å². The summed E-state index contributed by atoms with van der Waals surface area (Å²) in [5, 5.41) is 8.31. The minimum atomic E-state index is 0.956. The van der Waals surface area contributed by atoms with Gasteiger partial charge in [-0.15, -0.1) is 5.10 Å². The summed E-state index contributed by atoms with van der Waals surface area (Å²) in [4.78, 5) is 0. The summed E-state index contributed by atoms with van der Waals surface area (Å²) >= 11 is 0. The molecule has 3 nitrogen and oxygen atoms in total. The van der Waals surface area contributed by atoms with Crippen LogP contribution in [0.5, 0.6) is 0 Å². The van der Waals surface area contributed by atoms with E-state index >= 15 is 0 Å². The molecule has 0 aliphatic heterocycles. The van der Waals surface area contributed by atoms with Crippen LogP contribution in [-0.2, 0) is 6.54 Å². The van der Waals surface area contributed by atoms with E-state index in [1.165, 1.54) is 19.3 Å². The highest BCUT2D eigenvalue weighted by Crippen LogP contribution is 2.14. The highest BCUT2D eigenvalue weighted by Gasteiger charge is 2.02. The fraction of sp³-hybridized carbons (Fsp3) is 0.385. The van der Waals surface area contributed by atoms with E-state index in [1.54, 1.807) is 0 Å². The number of rotatable bonds is 5. The van der Waals surface area contributed by atoms with Gasteiger partial charge in [-0.3, -0.25) is 4.68 Å². The third-order valence-corrected chi connectivity index (χ3v) is 2.60. The van der Waals surface area contributed by atoms with Gasteiger partial charge in [0.25, 0.3) is 0 Å². The second-order valence-electron chi connectivity index (χ2n) is 3.94. The molecule has 0 unspecified atom stereocenters. The van der Waals surface area contributed by atoms with Crippen molar-refractivity contribution in [1.29, 1.82) is 0 Å². The maximum Gasteiger partial charge on any atom is 0.113 e. The average molecular weight is 215 g/mol. The quantitative estimate of drug-likeness (QED) is 0.717. The first-order chi connectivity index (χ1) is 7.90. The SMILES string of the molecule is CCCCCn1cc(-c2ccccc2)nn1. The Morgan fingerprint density at radius 1 is 1.12 bits per heavy atom. The van der Waals surface area contributed by atoms with E-state index in [-0.39, 0.29) is 0 Å². The predicted molar refractivity (Wildman–Crippen MR) is 65.0 cm³/mol. The van der Waals surface area contributed by atoms with Crippen LogP contribution in [0.1, 0.15) is 26.2 Å². The molecule has 0 saturated heterocycles. The van der Waals surface area contributed by atoms with Crippen molar-refractivity contribution in [3.63, 3.8) is 0 Å². The van der Waals surface area contributed by atoms with E-state index in [9.17, 15) is 0 Å². The van der Waals surface area contributed by atoms with Gasteiger partial charge in [0.2, 0.25) is 0 Å². The average Bonchev–Trinajstić information content (AvgIpc) is 2.79. The minimum Gasteiger partial charge on any atom is -0.252 e. The monoisotopic (exact) mass is 215 g/mol. The van der Waals surface area contributed by atoms with Crippen LogP contribution in [0.25, 0.3) is 11.3 Å². The number of unbranched alkanes of at least 4 members (excludes halogenated alkanes) is 2. The van der Waals surface area contributed by atoms with Crippen LogP contribution in [0, 0.1) is 0 Å².